The Hall–Kier alpha value is -0.810. The minimum atomic E-state index is -0.407. The number of nitrogens with one attached hydrogen (secondary N) is 2. The molecule has 0 aromatic heterocycles. The third-order valence-electron chi connectivity index (χ3n) is 3.33. The summed E-state index contributed by atoms with van der Waals surface area (Å²) in [6.45, 7) is 9.40. The van der Waals surface area contributed by atoms with Crippen LogP contribution >= 0.6 is 0 Å². The Labute approximate surface area is 109 Å². The van der Waals surface area contributed by atoms with Gasteiger partial charge in [0.15, 0.2) is 0 Å². The standard InChI is InChI=1S/C13H25N3O2/c1-13(2,3)18-12(17)16-6-4-5-10(9-16)15-11-7-14-8-11/h10-11,14-15H,4-9H2,1-3H3. The maximum absolute atomic E-state index is 12.0. The number of carbonyl (C=O) groups excluding carboxylic acids is 1. The van der Waals surface area contributed by atoms with Crippen LogP contribution in [-0.2, 0) is 4.74 Å². The Balaban J connectivity index is 1.80. The van der Waals surface area contributed by atoms with Crippen molar-refractivity contribution in [3.05, 3.63) is 0 Å². The van der Waals surface area contributed by atoms with Crippen LogP contribution in [-0.4, -0.2) is 54.9 Å². The summed E-state index contributed by atoms with van der Waals surface area (Å²) in [5.74, 6) is 0. The fraction of sp³-hybridized carbons (Fsp3) is 0.923. The molecule has 0 aromatic carbocycles. The highest BCUT2D eigenvalue weighted by atomic mass is 16.6. The van der Waals surface area contributed by atoms with Crippen LogP contribution in [0.2, 0.25) is 0 Å². The van der Waals surface area contributed by atoms with Gasteiger partial charge in [0.1, 0.15) is 5.60 Å². The zero-order chi connectivity index (χ0) is 13.2. The molecule has 1 unspecified atom stereocenters. The summed E-state index contributed by atoms with van der Waals surface area (Å²) in [5.41, 5.74) is -0.407. The molecule has 2 aliphatic heterocycles. The lowest BCUT2D eigenvalue weighted by Gasteiger charge is -2.38. The van der Waals surface area contributed by atoms with Gasteiger partial charge in [0.25, 0.3) is 0 Å². The van der Waals surface area contributed by atoms with Crippen molar-refractivity contribution in [1.82, 2.24) is 15.5 Å². The third-order valence-corrected chi connectivity index (χ3v) is 3.33. The van der Waals surface area contributed by atoms with Crippen LogP contribution in [0.3, 0.4) is 0 Å². The van der Waals surface area contributed by atoms with Gasteiger partial charge in [-0.25, -0.2) is 4.79 Å². The summed E-state index contributed by atoms with van der Waals surface area (Å²) in [6.07, 6.45) is 2.02. The number of nitrogens with zero attached hydrogens (tertiary/aromatic N) is 1. The minimum absolute atomic E-state index is 0.180. The third kappa shape index (κ3) is 3.85. The normalized spacial score (nSPS) is 25.7. The van der Waals surface area contributed by atoms with Crippen molar-refractivity contribution in [1.29, 1.82) is 0 Å². The lowest BCUT2D eigenvalue weighted by atomic mass is 10.0. The van der Waals surface area contributed by atoms with Crippen LogP contribution in [0.15, 0.2) is 0 Å². The maximum atomic E-state index is 12.0. The van der Waals surface area contributed by atoms with E-state index in [1.807, 2.05) is 25.7 Å². The molecule has 2 heterocycles. The molecule has 104 valence electrons. The Morgan fingerprint density at radius 2 is 2.06 bits per heavy atom. The fourth-order valence-electron chi connectivity index (χ4n) is 2.35. The van der Waals surface area contributed by atoms with Crippen molar-refractivity contribution >= 4 is 6.09 Å². The summed E-state index contributed by atoms with van der Waals surface area (Å²) in [4.78, 5) is 13.8. The highest BCUT2D eigenvalue weighted by molar-refractivity contribution is 5.68. The van der Waals surface area contributed by atoms with Crippen LogP contribution < -0.4 is 10.6 Å². The molecule has 0 bridgehead atoms. The second kappa shape index (κ2) is 5.45. The largest absolute Gasteiger partial charge is 0.444 e. The van der Waals surface area contributed by atoms with Gasteiger partial charge in [-0.2, -0.15) is 0 Å². The van der Waals surface area contributed by atoms with Crippen molar-refractivity contribution in [2.45, 2.75) is 51.3 Å². The van der Waals surface area contributed by atoms with Gasteiger partial charge in [-0.3, -0.25) is 0 Å². The van der Waals surface area contributed by atoms with Gasteiger partial charge < -0.3 is 20.3 Å². The summed E-state index contributed by atoms with van der Waals surface area (Å²) in [6, 6.07) is 0.993. The van der Waals surface area contributed by atoms with Crippen molar-refractivity contribution in [2.75, 3.05) is 26.2 Å². The lowest BCUT2D eigenvalue weighted by molar-refractivity contribution is 0.0180. The van der Waals surface area contributed by atoms with E-state index in [9.17, 15) is 4.79 Å². The predicted molar refractivity (Wildman–Crippen MR) is 70.6 cm³/mol. The highest BCUT2D eigenvalue weighted by Crippen LogP contribution is 2.16. The molecule has 2 saturated heterocycles. The van der Waals surface area contributed by atoms with E-state index in [1.54, 1.807) is 0 Å². The molecule has 0 spiro atoms. The Morgan fingerprint density at radius 3 is 2.61 bits per heavy atom. The molecule has 0 saturated carbocycles. The zero-order valence-electron chi connectivity index (χ0n) is 11.7. The van der Waals surface area contributed by atoms with Crippen LogP contribution in [0.25, 0.3) is 0 Å². The van der Waals surface area contributed by atoms with Gasteiger partial charge in [0, 0.05) is 38.3 Å². The summed E-state index contributed by atoms with van der Waals surface area (Å²) >= 11 is 0. The lowest BCUT2D eigenvalue weighted by Crippen LogP contribution is -2.61. The number of ether oxygens (including phenoxy) is 1. The van der Waals surface area contributed by atoms with Crippen LogP contribution in [0.4, 0.5) is 4.79 Å². The monoisotopic (exact) mass is 255 g/mol. The molecule has 2 fully saturated rings. The van der Waals surface area contributed by atoms with E-state index < -0.39 is 5.60 Å². The zero-order valence-corrected chi connectivity index (χ0v) is 11.7. The number of hydrogen-bond acceptors (Lipinski definition) is 4. The van der Waals surface area contributed by atoms with Gasteiger partial charge in [0.2, 0.25) is 0 Å². The van der Waals surface area contributed by atoms with Gasteiger partial charge in [0.05, 0.1) is 0 Å². The first-order valence-corrected chi connectivity index (χ1v) is 6.89. The van der Waals surface area contributed by atoms with Crippen LogP contribution in [0.5, 0.6) is 0 Å². The molecule has 2 N–H and O–H groups in total. The van der Waals surface area contributed by atoms with E-state index in [0.29, 0.717) is 12.1 Å². The van der Waals surface area contributed by atoms with Crippen molar-refractivity contribution in [3.8, 4) is 0 Å². The van der Waals surface area contributed by atoms with E-state index in [4.69, 9.17) is 4.74 Å². The molecule has 5 heteroatoms. The smallest absolute Gasteiger partial charge is 0.410 e. The second-order valence-corrected chi connectivity index (χ2v) is 6.29. The Kier molecular flexibility index (Phi) is 4.12. The number of hydrogen-bond donors (Lipinski definition) is 2. The maximum Gasteiger partial charge on any atom is 0.410 e. The molecule has 18 heavy (non-hydrogen) atoms. The van der Waals surface area contributed by atoms with E-state index >= 15 is 0 Å². The first-order valence-electron chi connectivity index (χ1n) is 6.89. The van der Waals surface area contributed by atoms with E-state index in [-0.39, 0.29) is 6.09 Å². The molecule has 0 radical (unpaired) electrons. The van der Waals surface area contributed by atoms with Crippen molar-refractivity contribution < 1.29 is 9.53 Å². The molecule has 5 nitrogen and oxygen atoms in total. The molecule has 1 atom stereocenters. The van der Waals surface area contributed by atoms with Crippen LogP contribution in [0.1, 0.15) is 33.6 Å². The molecule has 0 aromatic rings. The average Bonchev–Trinajstić information content (AvgIpc) is 2.22. The SMILES string of the molecule is CC(C)(C)OC(=O)N1CCCC(NC2CNC2)C1. The molecule has 0 aliphatic carbocycles. The van der Waals surface area contributed by atoms with Crippen molar-refractivity contribution in [2.24, 2.45) is 0 Å². The van der Waals surface area contributed by atoms with Gasteiger partial charge in [-0.1, -0.05) is 0 Å². The minimum Gasteiger partial charge on any atom is -0.444 e. The van der Waals surface area contributed by atoms with Crippen molar-refractivity contribution in [3.63, 3.8) is 0 Å². The van der Waals surface area contributed by atoms with E-state index in [0.717, 1.165) is 39.0 Å². The number of amides is 1. The topological polar surface area (TPSA) is 53.6 Å². The summed E-state index contributed by atoms with van der Waals surface area (Å²) in [5, 5.41) is 6.84. The quantitative estimate of drug-likeness (QED) is 0.771. The van der Waals surface area contributed by atoms with E-state index in [2.05, 4.69) is 10.6 Å². The number of likely N-dealkylation sites (tertiary alicyclic amines) is 1. The molecule has 2 aliphatic rings. The van der Waals surface area contributed by atoms with Crippen LogP contribution in [0, 0.1) is 0 Å². The average molecular weight is 255 g/mol. The van der Waals surface area contributed by atoms with Gasteiger partial charge >= 0.3 is 6.09 Å². The first-order chi connectivity index (χ1) is 8.44. The number of piperidine rings is 1. The number of rotatable bonds is 2. The molecule has 2 rings (SSSR count). The number of carbonyl (C=O) groups is 1. The van der Waals surface area contributed by atoms with Gasteiger partial charge in [-0.15, -0.1) is 0 Å². The summed E-state index contributed by atoms with van der Waals surface area (Å²) in [7, 11) is 0. The molecule has 1 amide bonds. The predicted octanol–water partition coefficient (Wildman–Crippen LogP) is 0.947. The Bertz CT molecular complexity index is 297. The van der Waals surface area contributed by atoms with Gasteiger partial charge in [-0.05, 0) is 33.6 Å². The fourth-order valence-corrected chi connectivity index (χ4v) is 2.35. The Morgan fingerprint density at radius 1 is 1.33 bits per heavy atom. The molecular weight excluding hydrogens is 230 g/mol. The summed E-state index contributed by atoms with van der Waals surface area (Å²) < 4.78 is 5.42. The molecular formula is C13H25N3O2. The highest BCUT2D eigenvalue weighted by Gasteiger charge is 2.29. The first kappa shape index (κ1) is 13.6. The second-order valence-electron chi connectivity index (χ2n) is 6.29. The van der Waals surface area contributed by atoms with E-state index in [1.165, 1.54) is 0 Å².